The average Bonchev–Trinajstić information content (AvgIpc) is 3.07. The molecule has 12 heteroatoms. The van der Waals surface area contributed by atoms with Crippen LogP contribution in [0.1, 0.15) is 11.1 Å². The average molecular weight is 427 g/mol. The molecule has 160 valence electrons. The van der Waals surface area contributed by atoms with Gasteiger partial charge in [0.15, 0.2) is 11.2 Å². The lowest BCUT2D eigenvalue weighted by molar-refractivity contribution is -0.140. The van der Waals surface area contributed by atoms with Gasteiger partial charge in [0.1, 0.15) is 5.82 Å². The zero-order chi connectivity index (χ0) is 22.2. The van der Waals surface area contributed by atoms with Crippen molar-refractivity contribution in [1.29, 1.82) is 0 Å². The third-order valence-corrected chi connectivity index (χ3v) is 4.60. The van der Waals surface area contributed by atoms with E-state index < -0.39 is 34.7 Å². The second-order valence-electron chi connectivity index (χ2n) is 6.65. The second kappa shape index (κ2) is 7.76. The Labute approximate surface area is 166 Å². The van der Waals surface area contributed by atoms with Gasteiger partial charge in [-0.15, -0.1) is 0 Å². The van der Waals surface area contributed by atoms with E-state index in [0.717, 1.165) is 10.6 Å². The predicted molar refractivity (Wildman–Crippen MR) is 98.3 cm³/mol. The molecule has 0 radical (unpaired) electrons. The highest BCUT2D eigenvalue weighted by molar-refractivity contribution is 5.78. The Kier molecular flexibility index (Phi) is 5.51. The number of fused-ring (bicyclic) bond motifs is 1. The normalized spacial score (nSPS) is 11.8. The van der Waals surface area contributed by atoms with E-state index in [0.29, 0.717) is 12.1 Å². The molecule has 0 aliphatic heterocycles. The lowest BCUT2D eigenvalue weighted by Crippen LogP contribution is -2.38. The highest BCUT2D eigenvalue weighted by atomic mass is 19.4. The summed E-state index contributed by atoms with van der Waals surface area (Å²) in [7, 11) is 2.82. The van der Waals surface area contributed by atoms with E-state index in [1.54, 1.807) is 0 Å². The fourth-order valence-electron chi connectivity index (χ4n) is 3.03. The van der Waals surface area contributed by atoms with Gasteiger partial charge in [-0.05, 0) is 17.7 Å². The Balaban J connectivity index is 1.66. The van der Waals surface area contributed by atoms with E-state index in [-0.39, 0.29) is 36.2 Å². The number of aryl methyl sites for hydroxylation is 1. The first-order valence-corrected chi connectivity index (χ1v) is 8.74. The van der Waals surface area contributed by atoms with Gasteiger partial charge >= 0.3 is 11.9 Å². The Morgan fingerprint density at radius 2 is 1.87 bits per heavy atom. The van der Waals surface area contributed by atoms with Crippen molar-refractivity contribution in [1.82, 2.24) is 24.0 Å². The molecule has 0 saturated carbocycles. The maximum atomic E-state index is 13.6. The Bertz CT molecular complexity index is 1240. The number of carbonyl (C=O) groups excluding carboxylic acids is 1. The van der Waals surface area contributed by atoms with Crippen molar-refractivity contribution in [2.45, 2.75) is 19.1 Å². The number of amides is 1. The highest BCUT2D eigenvalue weighted by Crippen LogP contribution is 2.31. The molecule has 0 saturated heterocycles. The number of halogens is 4. The molecule has 1 amide bonds. The van der Waals surface area contributed by atoms with Crippen LogP contribution in [0.25, 0.3) is 11.2 Å². The largest absolute Gasteiger partial charge is 0.419 e. The number of nitrogens with one attached hydrogen (secondary N) is 1. The van der Waals surface area contributed by atoms with E-state index in [1.165, 1.54) is 29.6 Å². The smallest absolute Gasteiger partial charge is 0.354 e. The van der Waals surface area contributed by atoms with Crippen LogP contribution in [0.3, 0.4) is 0 Å². The third-order valence-electron chi connectivity index (χ3n) is 4.60. The molecule has 0 aliphatic rings. The van der Waals surface area contributed by atoms with Gasteiger partial charge in [0, 0.05) is 27.2 Å². The van der Waals surface area contributed by atoms with Crippen molar-refractivity contribution in [3.8, 4) is 0 Å². The molecule has 30 heavy (non-hydrogen) atoms. The van der Waals surface area contributed by atoms with Crippen LogP contribution in [0.4, 0.5) is 17.6 Å². The first-order valence-electron chi connectivity index (χ1n) is 8.74. The summed E-state index contributed by atoms with van der Waals surface area (Å²) >= 11 is 0. The minimum atomic E-state index is -4.81. The number of hydrogen-bond donors (Lipinski definition) is 1. The van der Waals surface area contributed by atoms with Crippen LogP contribution in [-0.2, 0) is 38.0 Å². The maximum absolute atomic E-state index is 13.6. The molecule has 1 N–H and O–H groups in total. The number of aromatic nitrogens is 4. The standard InChI is InChI=1S/C18H17F4N5O3/c1-25-15-14(16(29)26(2)17(25)30)27(9-24-15)6-5-23-13(28)8-10-3-4-11(12(19)7-10)18(20,21)22/h3-4,7,9H,5-6,8H2,1-2H3,(H,23,28). The van der Waals surface area contributed by atoms with Crippen LogP contribution in [0.5, 0.6) is 0 Å². The molecule has 1 aromatic carbocycles. The van der Waals surface area contributed by atoms with E-state index in [2.05, 4.69) is 10.3 Å². The van der Waals surface area contributed by atoms with Gasteiger partial charge in [0.25, 0.3) is 5.56 Å². The summed E-state index contributed by atoms with van der Waals surface area (Å²) in [5.74, 6) is -1.97. The van der Waals surface area contributed by atoms with Gasteiger partial charge < -0.3 is 9.88 Å². The molecule has 0 unspecified atom stereocenters. The lowest BCUT2D eigenvalue weighted by Gasteiger charge is -2.10. The summed E-state index contributed by atoms with van der Waals surface area (Å²) in [6.45, 7) is 0.246. The number of rotatable bonds is 5. The Morgan fingerprint density at radius 1 is 1.17 bits per heavy atom. The van der Waals surface area contributed by atoms with Crippen LogP contribution in [0, 0.1) is 5.82 Å². The first-order chi connectivity index (χ1) is 14.0. The second-order valence-corrected chi connectivity index (χ2v) is 6.65. The first kappa shape index (κ1) is 21.3. The molecule has 0 bridgehead atoms. The molecule has 0 fully saturated rings. The van der Waals surface area contributed by atoms with E-state index in [4.69, 9.17) is 0 Å². The lowest BCUT2D eigenvalue weighted by atomic mass is 10.1. The SMILES string of the molecule is Cn1c(=O)c2c(ncn2CCNC(=O)Cc2ccc(C(F)(F)F)c(F)c2)n(C)c1=O. The fourth-order valence-corrected chi connectivity index (χ4v) is 3.03. The minimum absolute atomic E-state index is 0.0827. The molecular formula is C18H17F4N5O3. The zero-order valence-electron chi connectivity index (χ0n) is 16.0. The van der Waals surface area contributed by atoms with Gasteiger partial charge in [-0.25, -0.2) is 14.2 Å². The molecule has 2 aromatic heterocycles. The molecule has 8 nitrogen and oxygen atoms in total. The van der Waals surface area contributed by atoms with Gasteiger partial charge in [0.2, 0.25) is 5.91 Å². The van der Waals surface area contributed by atoms with Gasteiger partial charge in [0.05, 0.1) is 18.3 Å². The number of nitrogens with zero attached hydrogens (tertiary/aromatic N) is 4. The van der Waals surface area contributed by atoms with E-state index in [1.807, 2.05) is 0 Å². The molecule has 3 aromatic rings. The van der Waals surface area contributed by atoms with Crippen molar-refractivity contribution >= 4 is 17.1 Å². The zero-order valence-corrected chi connectivity index (χ0v) is 16.0. The number of hydrogen-bond acceptors (Lipinski definition) is 4. The summed E-state index contributed by atoms with van der Waals surface area (Å²) in [4.78, 5) is 40.3. The molecule has 0 atom stereocenters. The minimum Gasteiger partial charge on any atom is -0.354 e. The quantitative estimate of drug-likeness (QED) is 0.614. The Hall–Kier alpha value is -3.44. The predicted octanol–water partition coefficient (Wildman–Crippen LogP) is 0.950. The van der Waals surface area contributed by atoms with Crippen molar-refractivity contribution in [2.75, 3.05) is 6.54 Å². The van der Waals surface area contributed by atoms with Crippen molar-refractivity contribution < 1.29 is 22.4 Å². The third kappa shape index (κ3) is 3.98. The van der Waals surface area contributed by atoms with E-state index in [9.17, 15) is 31.9 Å². The van der Waals surface area contributed by atoms with Gasteiger partial charge in [-0.3, -0.25) is 18.7 Å². The number of carbonyl (C=O) groups is 1. The summed E-state index contributed by atoms with van der Waals surface area (Å²) in [6, 6.07) is 2.31. The van der Waals surface area contributed by atoms with Crippen molar-refractivity contribution in [3.63, 3.8) is 0 Å². The van der Waals surface area contributed by atoms with Crippen LogP contribution < -0.4 is 16.6 Å². The van der Waals surface area contributed by atoms with Crippen molar-refractivity contribution in [2.24, 2.45) is 14.1 Å². The van der Waals surface area contributed by atoms with Crippen molar-refractivity contribution in [3.05, 3.63) is 62.3 Å². The number of benzene rings is 1. The molecule has 0 aliphatic carbocycles. The van der Waals surface area contributed by atoms with Gasteiger partial charge in [-0.1, -0.05) is 6.07 Å². The number of alkyl halides is 3. The van der Waals surface area contributed by atoms with Crippen LogP contribution in [0.15, 0.2) is 34.1 Å². The maximum Gasteiger partial charge on any atom is 0.419 e. The summed E-state index contributed by atoms with van der Waals surface area (Å²) < 4.78 is 55.0. The Morgan fingerprint density at radius 3 is 2.50 bits per heavy atom. The molecule has 3 rings (SSSR count). The highest BCUT2D eigenvalue weighted by Gasteiger charge is 2.33. The molecule has 2 heterocycles. The molecular weight excluding hydrogens is 410 g/mol. The van der Waals surface area contributed by atoms with Crippen LogP contribution >= 0.6 is 0 Å². The van der Waals surface area contributed by atoms with E-state index >= 15 is 0 Å². The number of imidazole rings is 1. The summed E-state index contributed by atoms with van der Waals surface area (Å²) in [5, 5.41) is 2.55. The fraction of sp³-hybridized carbons (Fsp3) is 0.333. The van der Waals surface area contributed by atoms with Gasteiger partial charge in [-0.2, -0.15) is 13.2 Å². The van der Waals surface area contributed by atoms with Crippen LogP contribution in [0.2, 0.25) is 0 Å². The topological polar surface area (TPSA) is 90.9 Å². The summed E-state index contributed by atoms with van der Waals surface area (Å²) in [5.41, 5.74) is -1.95. The monoisotopic (exact) mass is 427 g/mol. The van der Waals surface area contributed by atoms with Crippen LogP contribution in [-0.4, -0.2) is 31.1 Å². The molecule has 0 spiro atoms. The summed E-state index contributed by atoms with van der Waals surface area (Å²) in [6.07, 6.45) is -3.75.